The predicted octanol–water partition coefficient (Wildman–Crippen LogP) is 11.8. The van der Waals surface area contributed by atoms with Crippen molar-refractivity contribution in [2.75, 3.05) is 6.61 Å². The number of fused-ring (bicyclic) bond motifs is 1. The van der Waals surface area contributed by atoms with Crippen molar-refractivity contribution < 1.29 is 21.5 Å². The molecule has 0 N–H and O–H groups in total. The molecule has 0 radical (unpaired) electrons. The second kappa shape index (κ2) is 15.1. The summed E-state index contributed by atoms with van der Waals surface area (Å²) in [7, 11) is -7.57. The second-order valence-corrected chi connectivity index (χ2v) is 30.3. The summed E-state index contributed by atoms with van der Waals surface area (Å²) >= 11 is 0. The van der Waals surface area contributed by atoms with E-state index in [2.05, 4.69) is 93.7 Å². The summed E-state index contributed by atoms with van der Waals surface area (Å²) < 4.78 is 45.3. The Morgan fingerprint density at radius 1 is 0.898 bits per heavy atom. The van der Waals surface area contributed by atoms with E-state index in [1.54, 1.807) is 17.7 Å². The third kappa shape index (κ3) is 9.69. The van der Waals surface area contributed by atoms with Crippen molar-refractivity contribution in [3.05, 3.63) is 53.1 Å². The van der Waals surface area contributed by atoms with Crippen LogP contribution in [-0.2, 0) is 23.2 Å². The molecule has 3 aliphatic rings. The van der Waals surface area contributed by atoms with E-state index in [1.807, 2.05) is 19.1 Å². The van der Waals surface area contributed by atoms with Gasteiger partial charge in [-0.1, -0.05) is 96.4 Å². The monoisotopic (exact) mass is 730 g/mol. The molecule has 1 aromatic carbocycles. The molecule has 3 fully saturated rings. The molecule has 49 heavy (non-hydrogen) atoms. The molecule has 0 aliphatic heterocycles. The van der Waals surface area contributed by atoms with E-state index >= 15 is 0 Å². The summed E-state index contributed by atoms with van der Waals surface area (Å²) in [5.41, 5.74) is 4.37. The molecule has 0 aromatic heterocycles. The zero-order valence-corrected chi connectivity index (χ0v) is 36.2. The average molecular weight is 731 g/mol. The highest BCUT2D eigenvalue weighted by atomic mass is 32.2. The third-order valence-electron chi connectivity index (χ3n) is 13.4. The van der Waals surface area contributed by atoms with Crippen LogP contribution in [0, 0.1) is 30.1 Å². The molecule has 8 heteroatoms. The van der Waals surface area contributed by atoms with Crippen LogP contribution in [0.1, 0.15) is 119 Å². The van der Waals surface area contributed by atoms with Gasteiger partial charge in [-0.05, 0) is 136 Å². The molecule has 0 amide bonds. The number of benzene rings is 1. The molecule has 3 aliphatic carbocycles. The molecule has 0 saturated heterocycles. The molecule has 1 unspecified atom stereocenters. The number of hydrogen-bond donors (Lipinski definition) is 0. The van der Waals surface area contributed by atoms with Crippen molar-refractivity contribution in [1.29, 1.82) is 0 Å². The van der Waals surface area contributed by atoms with E-state index < -0.39 is 26.8 Å². The Morgan fingerprint density at radius 3 is 1.98 bits per heavy atom. The van der Waals surface area contributed by atoms with Gasteiger partial charge < -0.3 is 8.85 Å². The first-order valence-electron chi connectivity index (χ1n) is 19.2. The van der Waals surface area contributed by atoms with Crippen molar-refractivity contribution >= 4 is 26.8 Å². The Balaban J connectivity index is 1.47. The van der Waals surface area contributed by atoms with Crippen LogP contribution in [0.15, 0.2) is 52.5 Å². The molecule has 278 valence electrons. The second-order valence-electron chi connectivity index (χ2n) is 19.2. The average Bonchev–Trinajstić information content (AvgIpc) is 3.32. The fourth-order valence-electron chi connectivity index (χ4n) is 8.39. The Bertz CT molecular complexity index is 1410. The van der Waals surface area contributed by atoms with Crippen LogP contribution in [0.3, 0.4) is 0 Å². The van der Waals surface area contributed by atoms with Crippen molar-refractivity contribution in [3.63, 3.8) is 0 Å². The standard InChI is InChI=1S/C41H70O5SSi2/c1-30-16-20-36(21-17-30)47(42,43)44-26-24-31(2)37-22-23-38-33(15-14-25-41(37,38)9)19-18-32-27-34(45-48(10,11)39(3,4)5)29-35(28-32)46-49(12,13)40(6,7)8/h16-21,31,34-35,37-38H,14-15,22-29H2,1-13H3/b33-19+/t31?,34-,35-,37-,38+,41-/m1/s1. The van der Waals surface area contributed by atoms with Gasteiger partial charge in [-0.25, -0.2) is 0 Å². The van der Waals surface area contributed by atoms with Crippen LogP contribution in [-0.4, -0.2) is 43.9 Å². The topological polar surface area (TPSA) is 61.8 Å². The Labute approximate surface area is 303 Å². The summed E-state index contributed by atoms with van der Waals surface area (Å²) in [6.45, 7) is 30.6. The highest BCUT2D eigenvalue weighted by Gasteiger charge is 2.50. The van der Waals surface area contributed by atoms with Crippen LogP contribution in [0.4, 0.5) is 0 Å². The third-order valence-corrected chi connectivity index (χ3v) is 23.8. The van der Waals surface area contributed by atoms with Crippen molar-refractivity contribution in [2.24, 2.45) is 23.2 Å². The maximum atomic E-state index is 12.8. The zero-order chi connectivity index (χ0) is 36.6. The highest BCUT2D eigenvalue weighted by molar-refractivity contribution is 7.86. The van der Waals surface area contributed by atoms with Gasteiger partial charge in [-0.2, -0.15) is 8.42 Å². The minimum Gasteiger partial charge on any atom is -0.414 e. The molecule has 6 atom stereocenters. The number of hydrogen-bond acceptors (Lipinski definition) is 5. The SMILES string of the molecule is Cc1ccc(S(=O)(=O)OCCC(C)[C@H]2CC[C@H]3/C(=C/C=C4C[C@@H](O[Si](C)(C)C(C)(C)C)C[C@H](O[Si](C)(C)C(C)(C)C)C4)CCC[C@]23C)cc1. The van der Waals surface area contributed by atoms with E-state index in [0.717, 1.165) is 31.2 Å². The molecule has 1 aromatic rings. The van der Waals surface area contributed by atoms with Crippen LogP contribution in [0.5, 0.6) is 0 Å². The van der Waals surface area contributed by atoms with Gasteiger partial charge in [0, 0.05) is 0 Å². The number of aryl methyl sites for hydroxylation is 1. The fraction of sp³-hybridized carbons (Fsp3) is 0.756. The summed E-state index contributed by atoms with van der Waals surface area (Å²) in [4.78, 5) is 0.239. The lowest BCUT2D eigenvalue weighted by molar-refractivity contribution is 0.0725. The maximum Gasteiger partial charge on any atom is 0.296 e. The van der Waals surface area contributed by atoms with Gasteiger partial charge >= 0.3 is 0 Å². The first-order chi connectivity index (χ1) is 22.5. The van der Waals surface area contributed by atoms with Gasteiger partial charge in [0.1, 0.15) is 0 Å². The molecule has 0 bridgehead atoms. The van der Waals surface area contributed by atoms with E-state index in [-0.39, 0.29) is 39.2 Å². The first-order valence-corrected chi connectivity index (χ1v) is 26.4. The van der Waals surface area contributed by atoms with Gasteiger partial charge in [0.25, 0.3) is 10.1 Å². The van der Waals surface area contributed by atoms with E-state index in [1.165, 1.54) is 37.7 Å². The van der Waals surface area contributed by atoms with Crippen molar-refractivity contribution in [1.82, 2.24) is 0 Å². The Morgan fingerprint density at radius 2 is 1.45 bits per heavy atom. The van der Waals surface area contributed by atoms with Gasteiger partial charge in [0.05, 0.1) is 23.7 Å². The largest absolute Gasteiger partial charge is 0.414 e. The Kier molecular flexibility index (Phi) is 12.6. The zero-order valence-electron chi connectivity index (χ0n) is 33.4. The summed E-state index contributed by atoms with van der Waals surface area (Å²) in [5.74, 6) is 1.56. The lowest BCUT2D eigenvalue weighted by atomic mass is 9.61. The van der Waals surface area contributed by atoms with Crippen molar-refractivity contribution in [2.45, 2.75) is 173 Å². The predicted molar refractivity (Wildman–Crippen MR) is 210 cm³/mol. The Hall–Kier alpha value is -1.04. The number of allylic oxidation sites excluding steroid dienone is 3. The molecule has 0 spiro atoms. The summed E-state index contributed by atoms with van der Waals surface area (Å²) in [5, 5.41) is 0.354. The molecule has 5 nitrogen and oxygen atoms in total. The van der Waals surface area contributed by atoms with Gasteiger partial charge in [0.15, 0.2) is 16.6 Å². The lowest BCUT2D eigenvalue weighted by Crippen LogP contribution is -2.48. The molecule has 4 rings (SSSR count). The first kappa shape index (κ1) is 40.7. The van der Waals surface area contributed by atoms with E-state index in [4.69, 9.17) is 13.0 Å². The molecule has 3 saturated carbocycles. The smallest absolute Gasteiger partial charge is 0.296 e. The van der Waals surface area contributed by atoms with Gasteiger partial charge in [-0.3, -0.25) is 4.18 Å². The number of rotatable bonds is 11. The molecular formula is C41H70O5SSi2. The normalized spacial score (nSPS) is 28.8. The molecule has 0 heterocycles. The van der Waals surface area contributed by atoms with Gasteiger partial charge in [-0.15, -0.1) is 0 Å². The fourth-order valence-corrected chi connectivity index (χ4v) is 12.0. The van der Waals surface area contributed by atoms with E-state index in [0.29, 0.717) is 17.8 Å². The molecular weight excluding hydrogens is 661 g/mol. The van der Waals surface area contributed by atoms with Crippen LogP contribution in [0.25, 0.3) is 0 Å². The lowest BCUT2D eigenvalue weighted by Gasteiger charge is -2.45. The van der Waals surface area contributed by atoms with Crippen LogP contribution < -0.4 is 0 Å². The summed E-state index contributed by atoms with van der Waals surface area (Å²) in [6, 6.07) is 6.91. The highest BCUT2D eigenvalue weighted by Crippen LogP contribution is 2.60. The van der Waals surface area contributed by atoms with Crippen molar-refractivity contribution in [3.8, 4) is 0 Å². The van der Waals surface area contributed by atoms with Gasteiger partial charge in [0.2, 0.25) is 0 Å². The minimum atomic E-state index is -3.73. The van der Waals surface area contributed by atoms with Crippen LogP contribution in [0.2, 0.25) is 36.3 Å². The maximum absolute atomic E-state index is 12.8. The van der Waals surface area contributed by atoms with Crippen LogP contribution >= 0.6 is 0 Å². The quantitative estimate of drug-likeness (QED) is 0.168. The minimum absolute atomic E-state index is 0.177. The van der Waals surface area contributed by atoms with E-state index in [9.17, 15) is 8.42 Å². The summed E-state index contributed by atoms with van der Waals surface area (Å²) in [6.07, 6.45) is 15.2.